The number of aromatic nitrogens is 2. The number of nitrogens with zero attached hydrogens (tertiary/aromatic N) is 1. The van der Waals surface area contributed by atoms with E-state index in [-0.39, 0.29) is 5.75 Å². The number of nitrogens with one attached hydrogen (secondary N) is 1. The first-order valence-corrected chi connectivity index (χ1v) is 5.05. The molecule has 16 heavy (non-hydrogen) atoms. The van der Waals surface area contributed by atoms with Crippen LogP contribution >= 0.6 is 0 Å². The lowest BCUT2D eigenvalue weighted by molar-refractivity contribution is 0.476. The van der Waals surface area contributed by atoms with Gasteiger partial charge in [0.2, 0.25) is 0 Å². The fraction of sp³-hybridized carbons (Fsp3) is 0. The molecular weight excluding hydrogens is 200 g/mol. The van der Waals surface area contributed by atoms with E-state index < -0.39 is 0 Å². The van der Waals surface area contributed by atoms with E-state index in [0.717, 1.165) is 22.0 Å². The van der Waals surface area contributed by atoms with E-state index in [2.05, 4.69) is 9.97 Å². The van der Waals surface area contributed by atoms with E-state index in [9.17, 15) is 5.11 Å². The van der Waals surface area contributed by atoms with Crippen molar-refractivity contribution in [2.75, 3.05) is 0 Å². The first-order chi connectivity index (χ1) is 7.84. The predicted molar refractivity (Wildman–Crippen MR) is 63.2 cm³/mol. The van der Waals surface area contributed by atoms with Crippen LogP contribution in [0.15, 0.2) is 48.9 Å². The van der Waals surface area contributed by atoms with Gasteiger partial charge in [-0.3, -0.25) is 4.98 Å². The third-order valence-electron chi connectivity index (χ3n) is 2.64. The molecule has 3 nitrogen and oxygen atoms in total. The number of hydrogen-bond acceptors (Lipinski definition) is 2. The van der Waals surface area contributed by atoms with E-state index in [1.54, 1.807) is 18.3 Å². The van der Waals surface area contributed by atoms with Crippen LogP contribution in [0.5, 0.6) is 5.75 Å². The largest absolute Gasteiger partial charge is 0.508 e. The maximum atomic E-state index is 9.49. The molecule has 0 aliphatic rings. The Morgan fingerprint density at radius 3 is 2.94 bits per heavy atom. The van der Waals surface area contributed by atoms with Gasteiger partial charge in [-0.1, -0.05) is 6.07 Å². The first-order valence-electron chi connectivity index (χ1n) is 5.05. The van der Waals surface area contributed by atoms with Gasteiger partial charge < -0.3 is 10.1 Å². The maximum absolute atomic E-state index is 9.49. The third kappa shape index (κ3) is 1.34. The second kappa shape index (κ2) is 3.38. The number of aromatic hydroxyl groups is 1. The van der Waals surface area contributed by atoms with Gasteiger partial charge >= 0.3 is 0 Å². The quantitative estimate of drug-likeness (QED) is 0.648. The average Bonchev–Trinajstić information content (AvgIpc) is 2.73. The van der Waals surface area contributed by atoms with Crippen molar-refractivity contribution in [2.45, 2.75) is 0 Å². The minimum absolute atomic E-state index is 0.275. The van der Waals surface area contributed by atoms with Gasteiger partial charge in [-0.25, -0.2) is 0 Å². The zero-order chi connectivity index (χ0) is 11.0. The Labute approximate surface area is 92.4 Å². The molecule has 0 amide bonds. The molecule has 78 valence electrons. The summed E-state index contributed by atoms with van der Waals surface area (Å²) < 4.78 is 0. The number of H-pyrrole nitrogens is 1. The molecule has 0 aliphatic heterocycles. The molecule has 0 radical (unpaired) electrons. The van der Waals surface area contributed by atoms with Crippen molar-refractivity contribution in [2.24, 2.45) is 0 Å². The van der Waals surface area contributed by atoms with Crippen molar-refractivity contribution >= 4 is 10.9 Å². The van der Waals surface area contributed by atoms with Crippen LogP contribution in [0.25, 0.3) is 22.0 Å². The lowest BCUT2D eigenvalue weighted by Gasteiger charge is -1.98. The number of phenols is 1. The standard InChI is InChI=1S/C13H10N2O/c16-10-3-4-13-11(6-10)12(8-15-13)9-2-1-5-14-7-9/h1-8,15-16H. The monoisotopic (exact) mass is 210 g/mol. The molecule has 2 aromatic heterocycles. The van der Waals surface area contributed by atoms with Crippen LogP contribution in [0, 0.1) is 0 Å². The maximum Gasteiger partial charge on any atom is 0.116 e. The molecule has 0 spiro atoms. The summed E-state index contributed by atoms with van der Waals surface area (Å²) in [6.07, 6.45) is 5.49. The molecule has 0 bridgehead atoms. The molecule has 3 heteroatoms. The van der Waals surface area contributed by atoms with Crippen LogP contribution in [0.3, 0.4) is 0 Å². The summed E-state index contributed by atoms with van der Waals surface area (Å²) in [5.74, 6) is 0.275. The number of benzene rings is 1. The molecule has 0 atom stereocenters. The molecule has 0 unspecified atom stereocenters. The summed E-state index contributed by atoms with van der Waals surface area (Å²) in [5, 5.41) is 10.5. The third-order valence-corrected chi connectivity index (χ3v) is 2.64. The number of fused-ring (bicyclic) bond motifs is 1. The molecule has 0 saturated carbocycles. The Morgan fingerprint density at radius 1 is 1.19 bits per heavy atom. The molecular formula is C13H10N2O. The van der Waals surface area contributed by atoms with Crippen molar-refractivity contribution in [3.63, 3.8) is 0 Å². The van der Waals surface area contributed by atoms with E-state index in [4.69, 9.17) is 0 Å². The van der Waals surface area contributed by atoms with Crippen LogP contribution < -0.4 is 0 Å². The fourth-order valence-corrected chi connectivity index (χ4v) is 1.87. The van der Waals surface area contributed by atoms with Crippen molar-refractivity contribution in [3.05, 3.63) is 48.9 Å². The Balaban J connectivity index is 2.29. The summed E-state index contributed by atoms with van der Waals surface area (Å²) in [7, 11) is 0. The summed E-state index contributed by atoms with van der Waals surface area (Å²) in [4.78, 5) is 7.27. The summed E-state index contributed by atoms with van der Waals surface area (Å²) >= 11 is 0. The summed E-state index contributed by atoms with van der Waals surface area (Å²) in [6, 6.07) is 9.20. The van der Waals surface area contributed by atoms with E-state index in [1.807, 2.05) is 30.6 Å². The molecule has 0 saturated heterocycles. The number of hydrogen-bond donors (Lipinski definition) is 2. The zero-order valence-corrected chi connectivity index (χ0v) is 8.51. The Bertz CT molecular complexity index is 629. The molecule has 3 rings (SSSR count). The van der Waals surface area contributed by atoms with Crippen molar-refractivity contribution in [3.8, 4) is 16.9 Å². The van der Waals surface area contributed by atoms with Gasteiger partial charge in [0.15, 0.2) is 0 Å². The van der Waals surface area contributed by atoms with E-state index in [0.29, 0.717) is 0 Å². The predicted octanol–water partition coefficient (Wildman–Crippen LogP) is 2.94. The molecule has 0 aliphatic carbocycles. The highest BCUT2D eigenvalue weighted by molar-refractivity contribution is 5.96. The molecule has 2 N–H and O–H groups in total. The summed E-state index contributed by atoms with van der Waals surface area (Å²) in [6.45, 7) is 0. The normalized spacial score (nSPS) is 10.8. The topological polar surface area (TPSA) is 48.9 Å². The Morgan fingerprint density at radius 2 is 2.12 bits per heavy atom. The van der Waals surface area contributed by atoms with Gasteiger partial charge in [0, 0.05) is 40.6 Å². The number of aromatic amines is 1. The van der Waals surface area contributed by atoms with E-state index in [1.165, 1.54) is 0 Å². The second-order valence-corrected chi connectivity index (χ2v) is 3.67. The minimum atomic E-state index is 0.275. The van der Waals surface area contributed by atoms with Crippen molar-refractivity contribution in [1.82, 2.24) is 9.97 Å². The second-order valence-electron chi connectivity index (χ2n) is 3.67. The Kier molecular flexibility index (Phi) is 1.90. The zero-order valence-electron chi connectivity index (χ0n) is 8.51. The lowest BCUT2D eigenvalue weighted by atomic mass is 10.1. The van der Waals surface area contributed by atoms with Crippen LogP contribution in [0.2, 0.25) is 0 Å². The van der Waals surface area contributed by atoms with Gasteiger partial charge in [0.1, 0.15) is 5.75 Å². The van der Waals surface area contributed by atoms with Crippen molar-refractivity contribution in [1.29, 1.82) is 0 Å². The van der Waals surface area contributed by atoms with E-state index >= 15 is 0 Å². The van der Waals surface area contributed by atoms with Crippen molar-refractivity contribution < 1.29 is 5.11 Å². The fourth-order valence-electron chi connectivity index (χ4n) is 1.87. The van der Waals surface area contributed by atoms with Gasteiger partial charge in [0.25, 0.3) is 0 Å². The average molecular weight is 210 g/mol. The molecule has 0 fully saturated rings. The number of phenolic OH excluding ortho intramolecular Hbond substituents is 1. The van der Waals surface area contributed by atoms with Crippen LogP contribution in [-0.2, 0) is 0 Å². The highest BCUT2D eigenvalue weighted by Gasteiger charge is 2.06. The van der Waals surface area contributed by atoms with Gasteiger partial charge in [-0.05, 0) is 24.3 Å². The van der Waals surface area contributed by atoms with Crippen LogP contribution in [-0.4, -0.2) is 15.1 Å². The first kappa shape index (κ1) is 8.97. The van der Waals surface area contributed by atoms with Crippen LogP contribution in [0.1, 0.15) is 0 Å². The minimum Gasteiger partial charge on any atom is -0.508 e. The lowest BCUT2D eigenvalue weighted by Crippen LogP contribution is -1.76. The smallest absolute Gasteiger partial charge is 0.116 e. The highest BCUT2D eigenvalue weighted by atomic mass is 16.3. The SMILES string of the molecule is Oc1ccc2[nH]cc(-c3cccnc3)c2c1. The van der Waals surface area contributed by atoms with Gasteiger partial charge in [-0.2, -0.15) is 0 Å². The molecule has 2 heterocycles. The Hall–Kier alpha value is -2.29. The van der Waals surface area contributed by atoms with Gasteiger partial charge in [0.05, 0.1) is 0 Å². The summed E-state index contributed by atoms with van der Waals surface area (Å²) in [5.41, 5.74) is 3.11. The highest BCUT2D eigenvalue weighted by Crippen LogP contribution is 2.30. The van der Waals surface area contributed by atoms with Gasteiger partial charge in [-0.15, -0.1) is 0 Å². The molecule has 1 aromatic carbocycles. The number of rotatable bonds is 1. The number of pyridine rings is 1. The molecule has 3 aromatic rings. The van der Waals surface area contributed by atoms with Crippen LogP contribution in [0.4, 0.5) is 0 Å².